The van der Waals surface area contributed by atoms with Crippen molar-refractivity contribution in [3.63, 3.8) is 0 Å². The predicted octanol–water partition coefficient (Wildman–Crippen LogP) is 6.96. The van der Waals surface area contributed by atoms with Gasteiger partial charge in [0.25, 0.3) is 0 Å². The number of nitrogens with zero attached hydrogens (tertiary/aromatic N) is 3. The van der Waals surface area contributed by atoms with Crippen molar-refractivity contribution in [3.8, 4) is 11.4 Å². The molecule has 3 aromatic carbocycles. The van der Waals surface area contributed by atoms with E-state index in [0.717, 1.165) is 22.4 Å². The molecule has 0 spiro atoms. The number of rotatable bonds is 3. The Hall–Kier alpha value is -2.79. The van der Waals surface area contributed by atoms with Crippen molar-refractivity contribution in [2.24, 2.45) is 0 Å². The number of benzene rings is 3. The Balaban J connectivity index is 1.61. The molecule has 0 saturated heterocycles. The number of anilines is 1. The Morgan fingerprint density at radius 3 is 1.83 bits per heavy atom. The van der Waals surface area contributed by atoms with Gasteiger partial charge in [0, 0.05) is 26.3 Å². The lowest BCUT2D eigenvalue weighted by Gasteiger charge is -2.24. The fourth-order valence-electron chi connectivity index (χ4n) is 3.41. The molecule has 7 heteroatoms. The van der Waals surface area contributed by atoms with Crippen molar-refractivity contribution in [1.82, 2.24) is 14.8 Å². The maximum atomic E-state index is 6.10. The Morgan fingerprint density at radius 1 is 0.700 bits per heavy atom. The van der Waals surface area contributed by atoms with E-state index in [9.17, 15) is 0 Å². The summed E-state index contributed by atoms with van der Waals surface area (Å²) in [7, 11) is 0. The first kappa shape index (κ1) is 19.2. The van der Waals surface area contributed by atoms with E-state index in [1.807, 2.05) is 77.5 Å². The van der Waals surface area contributed by atoms with E-state index in [0.29, 0.717) is 26.8 Å². The van der Waals surface area contributed by atoms with Crippen LogP contribution in [0.5, 0.6) is 0 Å². The van der Waals surface area contributed by atoms with Crippen molar-refractivity contribution in [1.29, 1.82) is 0 Å². The molecule has 1 aliphatic heterocycles. The molecule has 4 nitrogen and oxygen atoms in total. The molecule has 1 aromatic heterocycles. The quantitative estimate of drug-likeness (QED) is 0.364. The van der Waals surface area contributed by atoms with E-state index in [1.165, 1.54) is 0 Å². The minimum Gasteiger partial charge on any atom is -0.324 e. The van der Waals surface area contributed by atoms with Crippen molar-refractivity contribution in [2.75, 3.05) is 5.32 Å². The molecular weight excluding hydrogens is 439 g/mol. The van der Waals surface area contributed by atoms with Gasteiger partial charge in [-0.1, -0.05) is 59.1 Å². The summed E-state index contributed by atoms with van der Waals surface area (Å²) in [6.07, 6.45) is 2.12. The molecule has 0 amide bonds. The molecule has 4 aromatic rings. The number of aromatic nitrogens is 3. The fourth-order valence-corrected chi connectivity index (χ4v) is 3.79. The third kappa shape index (κ3) is 3.70. The summed E-state index contributed by atoms with van der Waals surface area (Å²) < 4.78 is 1.88. The van der Waals surface area contributed by atoms with Gasteiger partial charge in [0.05, 0.1) is 0 Å². The van der Waals surface area contributed by atoms with Crippen molar-refractivity contribution in [2.45, 2.75) is 6.04 Å². The summed E-state index contributed by atoms with van der Waals surface area (Å²) in [6, 6.07) is 22.8. The van der Waals surface area contributed by atoms with Crippen LogP contribution in [0.15, 0.2) is 78.9 Å². The molecule has 1 atom stereocenters. The molecule has 0 aliphatic carbocycles. The topological polar surface area (TPSA) is 42.7 Å². The molecule has 0 fully saturated rings. The zero-order chi connectivity index (χ0) is 20.7. The van der Waals surface area contributed by atoms with Gasteiger partial charge in [-0.3, -0.25) is 0 Å². The summed E-state index contributed by atoms with van der Waals surface area (Å²) in [5.74, 6) is 1.28. The van der Waals surface area contributed by atoms with Crippen LogP contribution in [0.2, 0.25) is 15.1 Å². The SMILES string of the molecule is Clc1ccc(C2=C[C@@H](c3ccc(Cl)cc3)n3nc(-c4ccc(Cl)cc4)nc3N2)cc1. The second kappa shape index (κ2) is 7.80. The van der Waals surface area contributed by atoms with E-state index in [-0.39, 0.29) is 6.04 Å². The Bertz CT molecular complexity index is 1230. The molecule has 30 heavy (non-hydrogen) atoms. The normalized spacial score (nSPS) is 15.3. The lowest BCUT2D eigenvalue weighted by molar-refractivity contribution is 0.613. The first-order valence-corrected chi connectivity index (χ1v) is 10.4. The number of hydrogen-bond acceptors (Lipinski definition) is 3. The number of fused-ring (bicyclic) bond motifs is 1. The van der Waals surface area contributed by atoms with Gasteiger partial charge in [0.2, 0.25) is 5.95 Å². The smallest absolute Gasteiger partial charge is 0.227 e. The van der Waals surface area contributed by atoms with Gasteiger partial charge in [-0.25, -0.2) is 4.68 Å². The summed E-state index contributed by atoms with van der Waals surface area (Å²) >= 11 is 18.2. The molecule has 5 rings (SSSR count). The van der Waals surface area contributed by atoms with Crippen LogP contribution in [0, 0.1) is 0 Å². The molecule has 0 saturated carbocycles. The van der Waals surface area contributed by atoms with Crippen LogP contribution in [0.1, 0.15) is 17.2 Å². The van der Waals surface area contributed by atoms with Crippen LogP contribution < -0.4 is 5.32 Å². The van der Waals surface area contributed by atoms with E-state index in [4.69, 9.17) is 44.9 Å². The minimum atomic E-state index is -0.141. The Morgan fingerprint density at radius 2 is 1.23 bits per heavy atom. The summed E-state index contributed by atoms with van der Waals surface area (Å²) in [4.78, 5) is 4.74. The second-order valence-corrected chi connectivity index (χ2v) is 8.23. The number of hydrogen-bond donors (Lipinski definition) is 1. The second-order valence-electron chi connectivity index (χ2n) is 6.92. The predicted molar refractivity (Wildman–Crippen MR) is 123 cm³/mol. The molecule has 0 unspecified atom stereocenters. The highest BCUT2D eigenvalue weighted by Crippen LogP contribution is 2.34. The largest absolute Gasteiger partial charge is 0.324 e. The third-order valence-corrected chi connectivity index (χ3v) is 5.69. The Kier molecular flexibility index (Phi) is 4.99. The highest BCUT2D eigenvalue weighted by Gasteiger charge is 2.25. The van der Waals surface area contributed by atoms with Gasteiger partial charge in [0.15, 0.2) is 5.82 Å². The molecule has 1 aliphatic rings. The maximum Gasteiger partial charge on any atom is 0.227 e. The number of nitrogens with one attached hydrogen (secondary N) is 1. The third-order valence-electron chi connectivity index (χ3n) is 4.93. The van der Waals surface area contributed by atoms with E-state index < -0.39 is 0 Å². The van der Waals surface area contributed by atoms with E-state index in [2.05, 4.69) is 11.4 Å². The number of allylic oxidation sites excluding steroid dienone is 1. The molecule has 0 bridgehead atoms. The molecule has 0 radical (unpaired) electrons. The zero-order valence-electron chi connectivity index (χ0n) is 15.6. The van der Waals surface area contributed by atoms with Crippen LogP contribution >= 0.6 is 34.8 Å². The summed E-state index contributed by atoms with van der Waals surface area (Å²) in [5.41, 5.74) is 3.90. The molecule has 148 valence electrons. The van der Waals surface area contributed by atoms with Crippen LogP contribution in [0.3, 0.4) is 0 Å². The highest BCUT2D eigenvalue weighted by molar-refractivity contribution is 6.31. The monoisotopic (exact) mass is 452 g/mol. The first-order valence-electron chi connectivity index (χ1n) is 9.29. The van der Waals surface area contributed by atoms with E-state index in [1.54, 1.807) is 0 Å². The Labute approximate surface area is 188 Å². The van der Waals surface area contributed by atoms with Gasteiger partial charge < -0.3 is 5.32 Å². The molecule has 2 heterocycles. The van der Waals surface area contributed by atoms with Crippen LogP contribution in [-0.4, -0.2) is 14.8 Å². The molecular formula is C23H15Cl3N4. The van der Waals surface area contributed by atoms with Crippen molar-refractivity contribution < 1.29 is 0 Å². The summed E-state index contributed by atoms with van der Waals surface area (Å²) in [6.45, 7) is 0. The van der Waals surface area contributed by atoms with Gasteiger partial charge in [-0.05, 0) is 65.7 Å². The highest BCUT2D eigenvalue weighted by atomic mass is 35.5. The van der Waals surface area contributed by atoms with Crippen LogP contribution in [-0.2, 0) is 0 Å². The minimum absolute atomic E-state index is 0.141. The number of halogens is 3. The zero-order valence-corrected chi connectivity index (χ0v) is 17.8. The average molecular weight is 454 g/mol. The molecule has 1 N–H and O–H groups in total. The maximum absolute atomic E-state index is 6.10. The van der Waals surface area contributed by atoms with Gasteiger partial charge in [0.1, 0.15) is 6.04 Å². The van der Waals surface area contributed by atoms with Gasteiger partial charge >= 0.3 is 0 Å². The standard InChI is InChI=1S/C23H15Cl3N4/c24-17-7-1-14(2-8-17)20-13-21(15-3-9-18(25)10-4-15)30-23(27-20)28-22(29-30)16-5-11-19(26)12-6-16/h1-13,21H,(H,27,28,29)/t21-/m0/s1. The van der Waals surface area contributed by atoms with Gasteiger partial charge in [-0.15, -0.1) is 5.10 Å². The van der Waals surface area contributed by atoms with Crippen molar-refractivity contribution in [3.05, 3.63) is 105 Å². The van der Waals surface area contributed by atoms with Crippen LogP contribution in [0.4, 0.5) is 5.95 Å². The average Bonchev–Trinajstić information content (AvgIpc) is 3.19. The van der Waals surface area contributed by atoms with Crippen molar-refractivity contribution >= 4 is 46.4 Å². The van der Waals surface area contributed by atoms with Crippen LogP contribution in [0.25, 0.3) is 17.1 Å². The summed E-state index contributed by atoms with van der Waals surface area (Å²) in [5, 5.41) is 10.2. The van der Waals surface area contributed by atoms with E-state index >= 15 is 0 Å². The lowest BCUT2D eigenvalue weighted by atomic mass is 10.0. The van der Waals surface area contributed by atoms with Gasteiger partial charge in [-0.2, -0.15) is 4.98 Å². The first-order chi connectivity index (χ1) is 14.6. The fraction of sp³-hybridized carbons (Fsp3) is 0.0435. The lowest BCUT2D eigenvalue weighted by Crippen LogP contribution is -2.20.